The third-order valence-electron chi connectivity index (χ3n) is 3.21. The molecular formula is C12H24O2. The van der Waals surface area contributed by atoms with Gasteiger partial charge in [-0.25, -0.2) is 0 Å². The van der Waals surface area contributed by atoms with E-state index < -0.39 is 5.60 Å². The monoisotopic (exact) mass is 200 g/mol. The minimum absolute atomic E-state index is 0.502. The van der Waals surface area contributed by atoms with Crippen LogP contribution < -0.4 is 0 Å². The molecule has 0 bridgehead atoms. The summed E-state index contributed by atoms with van der Waals surface area (Å²) in [7, 11) is 1.68. The highest BCUT2D eigenvalue weighted by Crippen LogP contribution is 2.43. The summed E-state index contributed by atoms with van der Waals surface area (Å²) in [6, 6.07) is 0. The van der Waals surface area contributed by atoms with Crippen molar-refractivity contribution in [3.8, 4) is 0 Å². The molecule has 0 spiro atoms. The second kappa shape index (κ2) is 5.13. The molecule has 2 unspecified atom stereocenters. The topological polar surface area (TPSA) is 29.5 Å². The van der Waals surface area contributed by atoms with Gasteiger partial charge in [0.1, 0.15) is 0 Å². The van der Waals surface area contributed by atoms with Crippen LogP contribution in [0, 0.1) is 11.8 Å². The van der Waals surface area contributed by atoms with Crippen molar-refractivity contribution in [3.63, 3.8) is 0 Å². The van der Waals surface area contributed by atoms with E-state index in [2.05, 4.69) is 13.8 Å². The summed E-state index contributed by atoms with van der Waals surface area (Å²) >= 11 is 0. The fraction of sp³-hybridized carbons (Fsp3) is 1.00. The minimum atomic E-state index is -0.538. The molecule has 0 aromatic heterocycles. The van der Waals surface area contributed by atoms with Gasteiger partial charge >= 0.3 is 0 Å². The van der Waals surface area contributed by atoms with Crippen molar-refractivity contribution in [3.05, 3.63) is 0 Å². The van der Waals surface area contributed by atoms with E-state index in [1.165, 1.54) is 25.7 Å². The number of methoxy groups -OCH3 is 1. The summed E-state index contributed by atoms with van der Waals surface area (Å²) < 4.78 is 5.14. The van der Waals surface area contributed by atoms with E-state index in [9.17, 15) is 5.11 Å². The van der Waals surface area contributed by atoms with Crippen LogP contribution in [-0.2, 0) is 4.74 Å². The van der Waals surface area contributed by atoms with Gasteiger partial charge in [0.05, 0.1) is 12.2 Å². The summed E-state index contributed by atoms with van der Waals surface area (Å²) in [6.07, 6.45) is 5.67. The average Bonchev–Trinajstić information content (AvgIpc) is 2.86. The van der Waals surface area contributed by atoms with Gasteiger partial charge < -0.3 is 9.84 Å². The molecule has 14 heavy (non-hydrogen) atoms. The molecule has 1 aliphatic carbocycles. The third kappa shape index (κ3) is 3.25. The second-order valence-electron chi connectivity index (χ2n) is 4.91. The molecule has 0 heterocycles. The molecule has 0 amide bonds. The van der Waals surface area contributed by atoms with Crippen molar-refractivity contribution < 1.29 is 9.84 Å². The number of aliphatic hydroxyl groups is 1. The predicted molar refractivity (Wildman–Crippen MR) is 58.2 cm³/mol. The van der Waals surface area contributed by atoms with Gasteiger partial charge in [-0.05, 0) is 31.1 Å². The molecule has 0 radical (unpaired) electrons. The minimum Gasteiger partial charge on any atom is -0.387 e. The Hall–Kier alpha value is -0.0800. The summed E-state index contributed by atoms with van der Waals surface area (Å²) in [5.41, 5.74) is -0.538. The first-order valence-electron chi connectivity index (χ1n) is 5.83. The van der Waals surface area contributed by atoms with Crippen LogP contribution in [0.2, 0.25) is 0 Å². The Morgan fingerprint density at radius 1 is 1.50 bits per heavy atom. The van der Waals surface area contributed by atoms with Gasteiger partial charge in [0.25, 0.3) is 0 Å². The molecule has 0 aromatic rings. The Morgan fingerprint density at radius 3 is 2.57 bits per heavy atom. The molecule has 1 fully saturated rings. The molecule has 1 N–H and O–H groups in total. The zero-order valence-electron chi connectivity index (χ0n) is 9.75. The largest absolute Gasteiger partial charge is 0.387 e. The van der Waals surface area contributed by atoms with Crippen LogP contribution in [0.25, 0.3) is 0 Å². The predicted octanol–water partition coefficient (Wildman–Crippen LogP) is 2.60. The van der Waals surface area contributed by atoms with Crippen molar-refractivity contribution in [1.82, 2.24) is 0 Å². The van der Waals surface area contributed by atoms with E-state index in [0.29, 0.717) is 18.4 Å². The van der Waals surface area contributed by atoms with Crippen LogP contribution in [0.5, 0.6) is 0 Å². The Balaban J connectivity index is 2.41. The Bertz CT molecular complexity index is 166. The summed E-state index contributed by atoms with van der Waals surface area (Å²) in [5.74, 6) is 1.11. The standard InChI is InChI=1S/C12H24O2/c1-4-5-10(2)8-12(13,9-14-3)11-6-7-11/h10-11,13H,4-9H2,1-3H3. The Kier molecular flexibility index (Phi) is 4.39. The van der Waals surface area contributed by atoms with Gasteiger partial charge in [-0.2, -0.15) is 0 Å². The SMILES string of the molecule is CCCC(C)CC(O)(COC)C1CC1. The van der Waals surface area contributed by atoms with Crippen LogP contribution in [0.4, 0.5) is 0 Å². The van der Waals surface area contributed by atoms with Crippen molar-refractivity contribution in [2.45, 2.75) is 51.6 Å². The Labute approximate surface area is 87.7 Å². The van der Waals surface area contributed by atoms with E-state index >= 15 is 0 Å². The number of hydrogen-bond donors (Lipinski definition) is 1. The summed E-state index contributed by atoms with van der Waals surface area (Å²) in [6.45, 7) is 4.93. The van der Waals surface area contributed by atoms with E-state index in [-0.39, 0.29) is 0 Å². The van der Waals surface area contributed by atoms with Crippen molar-refractivity contribution in [2.75, 3.05) is 13.7 Å². The first kappa shape index (κ1) is 12.0. The molecule has 2 atom stereocenters. The van der Waals surface area contributed by atoms with Crippen LogP contribution in [0.3, 0.4) is 0 Å². The number of ether oxygens (including phenoxy) is 1. The molecule has 1 saturated carbocycles. The van der Waals surface area contributed by atoms with Gasteiger partial charge in [0.15, 0.2) is 0 Å². The average molecular weight is 200 g/mol. The quantitative estimate of drug-likeness (QED) is 0.684. The van der Waals surface area contributed by atoms with Crippen molar-refractivity contribution >= 4 is 0 Å². The molecule has 2 nitrogen and oxygen atoms in total. The maximum Gasteiger partial charge on any atom is 0.0910 e. The normalized spacial score (nSPS) is 23.1. The highest BCUT2D eigenvalue weighted by Gasteiger charge is 2.44. The van der Waals surface area contributed by atoms with Crippen LogP contribution in [0.15, 0.2) is 0 Å². The van der Waals surface area contributed by atoms with Crippen molar-refractivity contribution in [2.24, 2.45) is 11.8 Å². The lowest BCUT2D eigenvalue weighted by Crippen LogP contribution is -2.38. The van der Waals surface area contributed by atoms with E-state index in [0.717, 1.165) is 6.42 Å². The van der Waals surface area contributed by atoms with Gasteiger partial charge in [-0.15, -0.1) is 0 Å². The molecule has 1 aliphatic rings. The molecule has 84 valence electrons. The fourth-order valence-corrected chi connectivity index (χ4v) is 2.41. The fourth-order valence-electron chi connectivity index (χ4n) is 2.41. The maximum absolute atomic E-state index is 10.4. The number of rotatable bonds is 7. The molecule has 2 heteroatoms. The van der Waals surface area contributed by atoms with E-state index in [1.807, 2.05) is 0 Å². The zero-order valence-corrected chi connectivity index (χ0v) is 9.75. The highest BCUT2D eigenvalue weighted by atomic mass is 16.5. The van der Waals surface area contributed by atoms with Gasteiger partial charge in [0, 0.05) is 7.11 Å². The number of hydrogen-bond acceptors (Lipinski definition) is 2. The molecule has 0 aliphatic heterocycles. The third-order valence-corrected chi connectivity index (χ3v) is 3.21. The highest BCUT2D eigenvalue weighted by molar-refractivity contribution is 4.95. The van der Waals surface area contributed by atoms with Gasteiger partial charge in [0.2, 0.25) is 0 Å². The second-order valence-corrected chi connectivity index (χ2v) is 4.91. The molecule has 0 aromatic carbocycles. The van der Waals surface area contributed by atoms with Crippen molar-refractivity contribution in [1.29, 1.82) is 0 Å². The molecule has 0 saturated heterocycles. The smallest absolute Gasteiger partial charge is 0.0910 e. The lowest BCUT2D eigenvalue weighted by Gasteiger charge is -2.30. The molecule has 1 rings (SSSR count). The lowest BCUT2D eigenvalue weighted by molar-refractivity contribution is -0.0633. The van der Waals surface area contributed by atoms with Gasteiger partial charge in [-0.1, -0.05) is 26.7 Å². The zero-order chi connectivity index (χ0) is 10.6. The maximum atomic E-state index is 10.4. The van der Waals surface area contributed by atoms with Crippen LogP contribution in [0.1, 0.15) is 46.0 Å². The molecular weight excluding hydrogens is 176 g/mol. The first-order valence-corrected chi connectivity index (χ1v) is 5.83. The van der Waals surface area contributed by atoms with Crippen LogP contribution >= 0.6 is 0 Å². The Morgan fingerprint density at radius 2 is 2.14 bits per heavy atom. The lowest BCUT2D eigenvalue weighted by atomic mass is 9.86. The first-order chi connectivity index (χ1) is 6.62. The van der Waals surface area contributed by atoms with Gasteiger partial charge in [-0.3, -0.25) is 0 Å². The van der Waals surface area contributed by atoms with E-state index in [4.69, 9.17) is 4.74 Å². The summed E-state index contributed by atoms with van der Waals surface area (Å²) in [5, 5.41) is 10.4. The van der Waals surface area contributed by atoms with Crippen LogP contribution in [-0.4, -0.2) is 24.4 Å². The van der Waals surface area contributed by atoms with E-state index in [1.54, 1.807) is 7.11 Å². The summed E-state index contributed by atoms with van der Waals surface area (Å²) in [4.78, 5) is 0.